The third kappa shape index (κ3) is 5.96. The molecule has 106 valence electrons. The summed E-state index contributed by atoms with van der Waals surface area (Å²) in [6, 6.07) is -0.590. The van der Waals surface area contributed by atoms with Crippen LogP contribution in [-0.4, -0.2) is 42.4 Å². The van der Waals surface area contributed by atoms with Crippen LogP contribution in [0.25, 0.3) is 0 Å². The van der Waals surface area contributed by atoms with Crippen molar-refractivity contribution >= 4 is 35.2 Å². The van der Waals surface area contributed by atoms with Gasteiger partial charge in [0.2, 0.25) is 5.91 Å². The van der Waals surface area contributed by atoms with Crippen LogP contribution in [0, 0.1) is 5.41 Å². The SMILES string of the molecule is CCOC(=O)C(CCSC)NC(=O)C(C)(C)CCl. The van der Waals surface area contributed by atoms with Gasteiger partial charge in [0.1, 0.15) is 6.04 Å². The Balaban J connectivity index is 4.58. The van der Waals surface area contributed by atoms with Gasteiger partial charge in [0.25, 0.3) is 0 Å². The first-order valence-corrected chi connectivity index (χ1v) is 7.84. The number of ether oxygens (including phenoxy) is 1. The molecule has 0 bridgehead atoms. The van der Waals surface area contributed by atoms with Gasteiger partial charge in [-0.15, -0.1) is 11.6 Å². The second kappa shape index (κ2) is 8.64. The molecule has 0 radical (unpaired) electrons. The lowest BCUT2D eigenvalue weighted by Gasteiger charge is -2.24. The Labute approximate surface area is 118 Å². The lowest BCUT2D eigenvalue weighted by molar-refractivity contribution is -0.148. The second-order valence-electron chi connectivity index (χ2n) is 4.58. The molecular weight excluding hydrogens is 274 g/mol. The van der Waals surface area contributed by atoms with E-state index in [4.69, 9.17) is 16.3 Å². The van der Waals surface area contributed by atoms with E-state index in [2.05, 4.69) is 5.32 Å². The Morgan fingerprint density at radius 3 is 2.50 bits per heavy atom. The molecule has 1 unspecified atom stereocenters. The fourth-order valence-electron chi connectivity index (χ4n) is 1.14. The van der Waals surface area contributed by atoms with Gasteiger partial charge in [-0.25, -0.2) is 4.79 Å². The van der Waals surface area contributed by atoms with Gasteiger partial charge >= 0.3 is 5.97 Å². The topological polar surface area (TPSA) is 55.4 Å². The third-order valence-corrected chi connectivity index (χ3v) is 3.75. The summed E-state index contributed by atoms with van der Waals surface area (Å²) in [7, 11) is 0. The maximum atomic E-state index is 12.0. The zero-order valence-corrected chi connectivity index (χ0v) is 13.0. The Morgan fingerprint density at radius 2 is 2.06 bits per heavy atom. The van der Waals surface area contributed by atoms with E-state index in [1.807, 2.05) is 6.26 Å². The molecule has 18 heavy (non-hydrogen) atoms. The van der Waals surface area contributed by atoms with Crippen LogP contribution in [0.1, 0.15) is 27.2 Å². The van der Waals surface area contributed by atoms with Crippen LogP contribution in [0.5, 0.6) is 0 Å². The summed E-state index contributed by atoms with van der Waals surface area (Å²) in [6.45, 7) is 5.54. The molecule has 0 spiro atoms. The Morgan fingerprint density at radius 1 is 1.44 bits per heavy atom. The van der Waals surface area contributed by atoms with Crippen molar-refractivity contribution in [1.29, 1.82) is 0 Å². The van der Waals surface area contributed by atoms with Gasteiger partial charge in [-0.3, -0.25) is 4.79 Å². The Bertz CT molecular complexity index is 284. The normalized spacial score (nSPS) is 12.9. The fourth-order valence-corrected chi connectivity index (χ4v) is 1.73. The number of rotatable bonds is 8. The number of amides is 1. The molecule has 1 N–H and O–H groups in total. The van der Waals surface area contributed by atoms with Gasteiger partial charge in [0, 0.05) is 5.88 Å². The minimum absolute atomic E-state index is 0.205. The molecule has 0 fully saturated rings. The molecule has 0 aliphatic heterocycles. The molecule has 0 saturated carbocycles. The van der Waals surface area contributed by atoms with Gasteiger partial charge < -0.3 is 10.1 Å². The van der Waals surface area contributed by atoms with Gasteiger partial charge in [-0.05, 0) is 39.2 Å². The maximum Gasteiger partial charge on any atom is 0.328 e. The van der Waals surface area contributed by atoms with Gasteiger partial charge in [-0.1, -0.05) is 0 Å². The van der Waals surface area contributed by atoms with E-state index in [9.17, 15) is 9.59 Å². The molecule has 0 aliphatic rings. The van der Waals surface area contributed by atoms with Crippen LogP contribution in [0.15, 0.2) is 0 Å². The van der Waals surface area contributed by atoms with Crippen LogP contribution >= 0.6 is 23.4 Å². The average molecular weight is 296 g/mol. The number of thioether (sulfide) groups is 1. The minimum Gasteiger partial charge on any atom is -0.464 e. The van der Waals surface area contributed by atoms with E-state index in [0.717, 1.165) is 5.75 Å². The molecule has 6 heteroatoms. The van der Waals surface area contributed by atoms with E-state index >= 15 is 0 Å². The molecule has 0 aromatic carbocycles. The van der Waals surface area contributed by atoms with Gasteiger partial charge in [0.05, 0.1) is 12.0 Å². The van der Waals surface area contributed by atoms with Crippen molar-refractivity contribution in [1.82, 2.24) is 5.32 Å². The van der Waals surface area contributed by atoms with Gasteiger partial charge in [-0.2, -0.15) is 11.8 Å². The summed E-state index contributed by atoms with van der Waals surface area (Å²) in [5.41, 5.74) is -0.689. The number of hydrogen-bond acceptors (Lipinski definition) is 4. The molecule has 0 aromatic heterocycles. The second-order valence-corrected chi connectivity index (χ2v) is 5.83. The maximum absolute atomic E-state index is 12.0. The molecule has 1 atom stereocenters. The lowest BCUT2D eigenvalue weighted by Crippen LogP contribution is -2.48. The molecule has 0 saturated heterocycles. The van der Waals surface area contributed by atoms with Crippen molar-refractivity contribution in [2.24, 2.45) is 5.41 Å². The predicted octanol–water partition coefficient (Wildman–Crippen LogP) is 2.05. The molecular formula is C12H22ClNO3S. The van der Waals surface area contributed by atoms with Crippen LogP contribution in [0.4, 0.5) is 0 Å². The highest BCUT2D eigenvalue weighted by Gasteiger charge is 2.30. The van der Waals surface area contributed by atoms with Crippen LogP contribution < -0.4 is 5.32 Å². The van der Waals surface area contributed by atoms with E-state index in [0.29, 0.717) is 13.0 Å². The number of hydrogen-bond donors (Lipinski definition) is 1. The summed E-state index contributed by atoms with van der Waals surface area (Å²) in [5.74, 6) is 0.379. The Kier molecular flexibility index (Phi) is 8.44. The number of carbonyl (C=O) groups excluding carboxylic acids is 2. The predicted molar refractivity (Wildman–Crippen MR) is 76.1 cm³/mol. The molecule has 0 heterocycles. The van der Waals surface area contributed by atoms with E-state index in [1.54, 1.807) is 32.5 Å². The highest BCUT2D eigenvalue weighted by Crippen LogP contribution is 2.17. The van der Waals surface area contributed by atoms with Crippen LogP contribution in [-0.2, 0) is 14.3 Å². The summed E-state index contributed by atoms with van der Waals surface area (Å²) >= 11 is 7.36. The largest absolute Gasteiger partial charge is 0.464 e. The molecule has 0 aliphatic carbocycles. The first-order valence-electron chi connectivity index (χ1n) is 5.91. The molecule has 1 amide bonds. The van der Waals surface area contributed by atoms with Crippen LogP contribution in [0.3, 0.4) is 0 Å². The van der Waals surface area contributed by atoms with Crippen molar-refractivity contribution in [3.63, 3.8) is 0 Å². The molecule has 4 nitrogen and oxygen atoms in total. The summed E-state index contributed by atoms with van der Waals surface area (Å²) in [4.78, 5) is 23.7. The van der Waals surface area contributed by atoms with E-state index in [-0.39, 0.29) is 17.8 Å². The number of nitrogens with one attached hydrogen (secondary N) is 1. The van der Waals surface area contributed by atoms with E-state index < -0.39 is 11.5 Å². The monoisotopic (exact) mass is 295 g/mol. The van der Waals surface area contributed by atoms with Crippen molar-refractivity contribution in [2.75, 3.05) is 24.5 Å². The highest BCUT2D eigenvalue weighted by molar-refractivity contribution is 7.98. The fraction of sp³-hybridized carbons (Fsp3) is 0.833. The lowest BCUT2D eigenvalue weighted by atomic mass is 9.94. The van der Waals surface area contributed by atoms with Crippen molar-refractivity contribution in [2.45, 2.75) is 33.2 Å². The third-order valence-electron chi connectivity index (χ3n) is 2.44. The average Bonchev–Trinajstić information content (AvgIpc) is 2.34. The molecule has 0 rings (SSSR count). The quantitative estimate of drug-likeness (QED) is 0.550. The summed E-state index contributed by atoms with van der Waals surface area (Å²) in [5, 5.41) is 2.72. The number of halogens is 1. The number of esters is 1. The Hall–Kier alpha value is -0.420. The zero-order chi connectivity index (χ0) is 14.2. The van der Waals surface area contributed by atoms with Crippen molar-refractivity contribution in [3.8, 4) is 0 Å². The van der Waals surface area contributed by atoms with Gasteiger partial charge in [0.15, 0.2) is 0 Å². The minimum atomic E-state index is -0.689. The number of carbonyl (C=O) groups is 2. The van der Waals surface area contributed by atoms with E-state index in [1.165, 1.54) is 0 Å². The van der Waals surface area contributed by atoms with Crippen molar-refractivity contribution in [3.05, 3.63) is 0 Å². The smallest absolute Gasteiger partial charge is 0.328 e. The first kappa shape index (κ1) is 17.6. The highest BCUT2D eigenvalue weighted by atomic mass is 35.5. The first-order chi connectivity index (χ1) is 8.38. The molecule has 0 aromatic rings. The summed E-state index contributed by atoms with van der Waals surface area (Å²) in [6.07, 6.45) is 2.51. The standard InChI is InChI=1S/C12H22ClNO3S/c1-5-17-10(15)9(6-7-18-4)14-11(16)12(2,3)8-13/h9H,5-8H2,1-4H3,(H,14,16). The summed E-state index contributed by atoms with van der Waals surface area (Å²) < 4.78 is 4.95. The number of alkyl halides is 1. The zero-order valence-electron chi connectivity index (χ0n) is 11.4. The van der Waals surface area contributed by atoms with Crippen LogP contribution in [0.2, 0.25) is 0 Å². The van der Waals surface area contributed by atoms with Crippen molar-refractivity contribution < 1.29 is 14.3 Å².